The van der Waals surface area contributed by atoms with E-state index >= 15 is 0 Å². The summed E-state index contributed by atoms with van der Waals surface area (Å²) < 4.78 is 6.71. The van der Waals surface area contributed by atoms with Crippen molar-refractivity contribution in [1.82, 2.24) is 4.98 Å². The standard InChI is InChI=1S/C14H13BrN2OS/c15-12-3-1-10(2-4-12)8-18-9-11-5-6-17-13(7-11)14(16)19/h1-7H,8-9H2,(H2,16,19). The third kappa shape index (κ3) is 4.38. The molecule has 0 unspecified atom stereocenters. The van der Waals surface area contributed by atoms with Crippen LogP contribution in [0.4, 0.5) is 0 Å². The van der Waals surface area contributed by atoms with Crippen LogP contribution in [-0.4, -0.2) is 9.97 Å². The molecule has 0 aliphatic rings. The van der Waals surface area contributed by atoms with Crippen molar-refractivity contribution in [3.8, 4) is 0 Å². The fourth-order valence-electron chi connectivity index (χ4n) is 1.57. The van der Waals surface area contributed by atoms with Crippen LogP contribution in [0.3, 0.4) is 0 Å². The molecule has 0 spiro atoms. The van der Waals surface area contributed by atoms with Gasteiger partial charge in [-0.15, -0.1) is 0 Å². The minimum absolute atomic E-state index is 0.301. The number of pyridine rings is 1. The van der Waals surface area contributed by atoms with Crippen molar-refractivity contribution >= 4 is 33.1 Å². The number of aromatic nitrogens is 1. The van der Waals surface area contributed by atoms with Gasteiger partial charge in [-0.1, -0.05) is 40.3 Å². The SMILES string of the molecule is NC(=S)c1cc(COCc2ccc(Br)cc2)ccn1. The zero-order valence-electron chi connectivity index (χ0n) is 10.2. The molecule has 0 saturated heterocycles. The Morgan fingerprint density at radius 2 is 1.84 bits per heavy atom. The van der Waals surface area contributed by atoms with Gasteiger partial charge in [0.05, 0.1) is 18.9 Å². The summed E-state index contributed by atoms with van der Waals surface area (Å²) in [6.07, 6.45) is 1.69. The lowest BCUT2D eigenvalue weighted by molar-refractivity contribution is 0.107. The number of benzene rings is 1. The van der Waals surface area contributed by atoms with Gasteiger partial charge < -0.3 is 10.5 Å². The normalized spacial score (nSPS) is 10.4. The van der Waals surface area contributed by atoms with Gasteiger partial charge in [0, 0.05) is 10.7 Å². The van der Waals surface area contributed by atoms with Crippen LogP contribution in [0.15, 0.2) is 47.1 Å². The number of nitrogens with zero attached hydrogens (tertiary/aromatic N) is 1. The quantitative estimate of drug-likeness (QED) is 0.852. The molecule has 0 bridgehead atoms. The summed E-state index contributed by atoms with van der Waals surface area (Å²) >= 11 is 8.29. The minimum atomic E-state index is 0.301. The van der Waals surface area contributed by atoms with Gasteiger partial charge >= 0.3 is 0 Å². The van der Waals surface area contributed by atoms with Crippen molar-refractivity contribution in [2.45, 2.75) is 13.2 Å². The van der Waals surface area contributed by atoms with E-state index in [0.29, 0.717) is 23.9 Å². The van der Waals surface area contributed by atoms with Crippen LogP contribution in [-0.2, 0) is 18.0 Å². The molecule has 0 radical (unpaired) electrons. The van der Waals surface area contributed by atoms with Crippen molar-refractivity contribution in [2.75, 3.05) is 0 Å². The molecule has 0 aliphatic heterocycles. The highest BCUT2D eigenvalue weighted by molar-refractivity contribution is 9.10. The summed E-state index contributed by atoms with van der Waals surface area (Å²) in [6.45, 7) is 1.08. The van der Waals surface area contributed by atoms with Crippen molar-refractivity contribution in [2.24, 2.45) is 5.73 Å². The minimum Gasteiger partial charge on any atom is -0.388 e. The molecule has 19 heavy (non-hydrogen) atoms. The van der Waals surface area contributed by atoms with Gasteiger partial charge in [-0.05, 0) is 35.4 Å². The molecule has 0 fully saturated rings. The summed E-state index contributed by atoms with van der Waals surface area (Å²) in [7, 11) is 0. The maximum atomic E-state index is 5.65. The Morgan fingerprint density at radius 3 is 2.53 bits per heavy atom. The first-order valence-electron chi connectivity index (χ1n) is 5.72. The molecule has 1 aromatic heterocycles. The second kappa shape index (κ2) is 6.75. The van der Waals surface area contributed by atoms with Crippen LogP contribution >= 0.6 is 28.1 Å². The Kier molecular flexibility index (Phi) is 5.01. The van der Waals surface area contributed by atoms with Crippen LogP contribution in [0.1, 0.15) is 16.8 Å². The zero-order chi connectivity index (χ0) is 13.7. The van der Waals surface area contributed by atoms with Gasteiger partial charge in [-0.3, -0.25) is 4.98 Å². The maximum Gasteiger partial charge on any atom is 0.122 e. The van der Waals surface area contributed by atoms with Gasteiger partial charge in [-0.2, -0.15) is 0 Å². The largest absolute Gasteiger partial charge is 0.388 e. The van der Waals surface area contributed by atoms with Crippen LogP contribution in [0, 0.1) is 0 Å². The third-order valence-electron chi connectivity index (χ3n) is 2.53. The van der Waals surface area contributed by atoms with Crippen LogP contribution in [0.25, 0.3) is 0 Å². The van der Waals surface area contributed by atoms with E-state index in [1.807, 2.05) is 36.4 Å². The van der Waals surface area contributed by atoms with E-state index in [4.69, 9.17) is 22.7 Å². The van der Waals surface area contributed by atoms with Gasteiger partial charge in [0.1, 0.15) is 4.99 Å². The van der Waals surface area contributed by atoms with E-state index in [0.717, 1.165) is 15.6 Å². The van der Waals surface area contributed by atoms with Gasteiger partial charge in [0.15, 0.2) is 0 Å². The molecular weight excluding hydrogens is 324 g/mol. The fraction of sp³-hybridized carbons (Fsp3) is 0.143. The van der Waals surface area contributed by atoms with Crippen molar-refractivity contribution < 1.29 is 4.74 Å². The highest BCUT2D eigenvalue weighted by Crippen LogP contribution is 2.12. The first-order valence-corrected chi connectivity index (χ1v) is 6.92. The Labute approximate surface area is 125 Å². The van der Waals surface area contributed by atoms with Crippen molar-refractivity contribution in [3.05, 3.63) is 63.9 Å². The van der Waals surface area contributed by atoms with Crippen LogP contribution < -0.4 is 5.73 Å². The highest BCUT2D eigenvalue weighted by atomic mass is 79.9. The van der Waals surface area contributed by atoms with Gasteiger partial charge in [-0.25, -0.2) is 0 Å². The average molecular weight is 337 g/mol. The molecule has 1 heterocycles. The lowest BCUT2D eigenvalue weighted by Gasteiger charge is -2.06. The molecule has 98 valence electrons. The van der Waals surface area contributed by atoms with Crippen molar-refractivity contribution in [1.29, 1.82) is 0 Å². The van der Waals surface area contributed by atoms with Crippen LogP contribution in [0.5, 0.6) is 0 Å². The molecule has 2 rings (SSSR count). The van der Waals surface area contributed by atoms with E-state index in [-0.39, 0.29) is 0 Å². The summed E-state index contributed by atoms with van der Waals surface area (Å²) in [5.41, 5.74) is 8.31. The molecule has 0 aliphatic carbocycles. The number of hydrogen-bond donors (Lipinski definition) is 1. The predicted molar refractivity (Wildman–Crippen MR) is 82.8 cm³/mol. The van der Waals surface area contributed by atoms with E-state index in [2.05, 4.69) is 20.9 Å². The Morgan fingerprint density at radius 1 is 1.16 bits per heavy atom. The average Bonchev–Trinajstić information content (AvgIpc) is 2.41. The molecular formula is C14H13BrN2OS. The highest BCUT2D eigenvalue weighted by Gasteiger charge is 2.00. The number of thiocarbonyl (C=S) groups is 1. The molecule has 0 saturated carbocycles. The number of rotatable bonds is 5. The molecule has 2 aromatic rings. The third-order valence-corrected chi connectivity index (χ3v) is 3.27. The monoisotopic (exact) mass is 336 g/mol. The fourth-order valence-corrected chi connectivity index (χ4v) is 1.94. The summed E-state index contributed by atoms with van der Waals surface area (Å²) in [6, 6.07) is 11.8. The Bertz CT molecular complexity index is 572. The Hall–Kier alpha value is -1.30. The van der Waals surface area contributed by atoms with Crippen LogP contribution in [0.2, 0.25) is 0 Å². The second-order valence-electron chi connectivity index (χ2n) is 4.03. The molecule has 5 heteroatoms. The number of hydrogen-bond acceptors (Lipinski definition) is 3. The molecule has 1 aromatic carbocycles. The van der Waals surface area contributed by atoms with Gasteiger partial charge in [0.2, 0.25) is 0 Å². The first-order chi connectivity index (χ1) is 9.15. The van der Waals surface area contributed by atoms with E-state index in [1.54, 1.807) is 6.20 Å². The lowest BCUT2D eigenvalue weighted by Crippen LogP contribution is -2.11. The zero-order valence-corrected chi connectivity index (χ0v) is 12.6. The Balaban J connectivity index is 1.90. The number of halogens is 1. The maximum absolute atomic E-state index is 5.65. The predicted octanol–water partition coefficient (Wildman–Crippen LogP) is 3.20. The van der Waals surface area contributed by atoms with E-state index < -0.39 is 0 Å². The van der Waals surface area contributed by atoms with E-state index in [9.17, 15) is 0 Å². The number of ether oxygens (including phenoxy) is 1. The molecule has 2 N–H and O–H groups in total. The summed E-state index contributed by atoms with van der Waals surface area (Å²) in [4.78, 5) is 4.39. The smallest absolute Gasteiger partial charge is 0.122 e. The molecule has 3 nitrogen and oxygen atoms in total. The first kappa shape index (κ1) is 14.1. The topological polar surface area (TPSA) is 48.1 Å². The molecule has 0 atom stereocenters. The number of nitrogens with two attached hydrogens (primary N) is 1. The lowest BCUT2D eigenvalue weighted by atomic mass is 10.2. The molecule has 0 amide bonds. The summed E-state index contributed by atoms with van der Waals surface area (Å²) in [5, 5.41) is 0. The van der Waals surface area contributed by atoms with Gasteiger partial charge in [0.25, 0.3) is 0 Å². The van der Waals surface area contributed by atoms with Crippen molar-refractivity contribution in [3.63, 3.8) is 0 Å². The second-order valence-corrected chi connectivity index (χ2v) is 5.39. The summed E-state index contributed by atoms with van der Waals surface area (Å²) in [5.74, 6) is 0. The van der Waals surface area contributed by atoms with E-state index in [1.165, 1.54) is 0 Å².